The number of aryl methyl sites for hydroxylation is 1. The van der Waals surface area contributed by atoms with Crippen molar-refractivity contribution in [3.05, 3.63) is 29.8 Å². The number of nitrogens with zero attached hydrogens (tertiary/aromatic N) is 4. The highest BCUT2D eigenvalue weighted by atomic mass is 16.5. The Balaban J connectivity index is 1.82. The van der Waals surface area contributed by atoms with Crippen LogP contribution < -0.4 is 5.32 Å². The van der Waals surface area contributed by atoms with E-state index in [0.717, 1.165) is 15.9 Å². The summed E-state index contributed by atoms with van der Waals surface area (Å²) >= 11 is 0. The molecule has 0 fully saturated rings. The summed E-state index contributed by atoms with van der Waals surface area (Å²) in [5.41, 5.74) is 1.94. The highest BCUT2D eigenvalue weighted by Gasteiger charge is 2.12. The number of ether oxygens (including phenoxy) is 1. The molecule has 1 amide bonds. The Kier molecular flexibility index (Phi) is 6.00. The molecule has 2 aromatic rings. The van der Waals surface area contributed by atoms with E-state index in [9.17, 15) is 9.59 Å². The SMILES string of the molecule is Cc1ccc(-c2nnn(CC(=O)OCC(=O)NCC(C)C)n2)cc1. The van der Waals surface area contributed by atoms with Gasteiger partial charge in [0.05, 0.1) is 0 Å². The van der Waals surface area contributed by atoms with Gasteiger partial charge < -0.3 is 10.1 Å². The van der Waals surface area contributed by atoms with Gasteiger partial charge >= 0.3 is 5.97 Å². The Hall–Kier alpha value is -2.77. The molecule has 8 nitrogen and oxygen atoms in total. The Labute approximate surface area is 140 Å². The van der Waals surface area contributed by atoms with Gasteiger partial charge in [0.25, 0.3) is 5.91 Å². The first-order valence-corrected chi connectivity index (χ1v) is 7.71. The van der Waals surface area contributed by atoms with Crippen LogP contribution in [0.2, 0.25) is 0 Å². The van der Waals surface area contributed by atoms with Crippen molar-refractivity contribution in [1.82, 2.24) is 25.5 Å². The number of esters is 1. The molecule has 1 heterocycles. The summed E-state index contributed by atoms with van der Waals surface area (Å²) in [7, 11) is 0. The second-order valence-electron chi connectivity index (χ2n) is 5.87. The van der Waals surface area contributed by atoms with Gasteiger partial charge in [0, 0.05) is 12.1 Å². The zero-order valence-electron chi connectivity index (χ0n) is 14.0. The topological polar surface area (TPSA) is 99.0 Å². The van der Waals surface area contributed by atoms with Crippen LogP contribution in [0.25, 0.3) is 11.4 Å². The van der Waals surface area contributed by atoms with Crippen molar-refractivity contribution in [1.29, 1.82) is 0 Å². The van der Waals surface area contributed by atoms with E-state index in [0.29, 0.717) is 18.3 Å². The van der Waals surface area contributed by atoms with E-state index < -0.39 is 5.97 Å². The third-order valence-corrected chi connectivity index (χ3v) is 3.10. The number of nitrogens with one attached hydrogen (secondary N) is 1. The van der Waals surface area contributed by atoms with Gasteiger partial charge in [-0.1, -0.05) is 43.7 Å². The molecule has 1 aromatic heterocycles. The summed E-state index contributed by atoms with van der Waals surface area (Å²) in [4.78, 5) is 24.3. The van der Waals surface area contributed by atoms with Gasteiger partial charge in [0.15, 0.2) is 13.2 Å². The number of aromatic nitrogens is 4. The number of amides is 1. The highest BCUT2D eigenvalue weighted by Crippen LogP contribution is 2.13. The lowest BCUT2D eigenvalue weighted by Gasteiger charge is -2.07. The maximum Gasteiger partial charge on any atom is 0.330 e. The van der Waals surface area contributed by atoms with E-state index in [-0.39, 0.29) is 19.1 Å². The number of tetrazole rings is 1. The molecule has 24 heavy (non-hydrogen) atoms. The monoisotopic (exact) mass is 331 g/mol. The molecule has 1 aromatic carbocycles. The Morgan fingerprint density at radius 3 is 2.62 bits per heavy atom. The molecule has 128 valence electrons. The van der Waals surface area contributed by atoms with Gasteiger partial charge in [-0.25, -0.2) is 4.79 Å². The van der Waals surface area contributed by atoms with Crippen molar-refractivity contribution in [3.63, 3.8) is 0 Å². The number of carbonyl (C=O) groups is 2. The van der Waals surface area contributed by atoms with E-state index in [1.165, 1.54) is 0 Å². The van der Waals surface area contributed by atoms with Gasteiger partial charge in [0.2, 0.25) is 5.82 Å². The van der Waals surface area contributed by atoms with Gasteiger partial charge in [-0.15, -0.1) is 10.2 Å². The van der Waals surface area contributed by atoms with Crippen molar-refractivity contribution in [2.75, 3.05) is 13.2 Å². The van der Waals surface area contributed by atoms with E-state index in [1.807, 2.05) is 45.0 Å². The molecule has 0 saturated heterocycles. The lowest BCUT2D eigenvalue weighted by Crippen LogP contribution is -2.32. The molecule has 0 unspecified atom stereocenters. The largest absolute Gasteiger partial charge is 0.454 e. The third kappa shape index (κ3) is 5.45. The molecule has 8 heteroatoms. The number of rotatable bonds is 7. The average molecular weight is 331 g/mol. The van der Waals surface area contributed by atoms with Crippen molar-refractivity contribution in [3.8, 4) is 11.4 Å². The molecule has 2 rings (SSSR count). The quantitative estimate of drug-likeness (QED) is 0.759. The van der Waals surface area contributed by atoms with Gasteiger partial charge in [0.1, 0.15) is 0 Å². The molecule has 1 N–H and O–H groups in total. The summed E-state index contributed by atoms with van der Waals surface area (Å²) in [5.74, 6) is -0.159. The predicted octanol–water partition coefficient (Wildman–Crippen LogP) is 0.964. The summed E-state index contributed by atoms with van der Waals surface area (Å²) in [6.07, 6.45) is 0. The normalized spacial score (nSPS) is 10.7. The van der Waals surface area contributed by atoms with Gasteiger partial charge in [-0.2, -0.15) is 4.80 Å². The first-order chi connectivity index (χ1) is 11.4. The van der Waals surface area contributed by atoms with Crippen molar-refractivity contribution in [2.45, 2.75) is 27.3 Å². The molecular weight excluding hydrogens is 310 g/mol. The molecule has 0 aliphatic heterocycles. The van der Waals surface area contributed by atoms with E-state index in [1.54, 1.807) is 0 Å². The van der Waals surface area contributed by atoms with Crippen LogP contribution in [0.4, 0.5) is 0 Å². The number of carbonyl (C=O) groups excluding carboxylic acids is 2. The molecule has 0 bridgehead atoms. The zero-order chi connectivity index (χ0) is 17.5. The third-order valence-electron chi connectivity index (χ3n) is 3.10. The fraction of sp³-hybridized carbons (Fsp3) is 0.438. The van der Waals surface area contributed by atoms with E-state index in [2.05, 4.69) is 20.7 Å². The van der Waals surface area contributed by atoms with Crippen molar-refractivity contribution in [2.24, 2.45) is 5.92 Å². The standard InChI is InChI=1S/C16H21N5O3/c1-11(2)8-17-14(22)10-24-15(23)9-21-19-16(18-20-21)13-6-4-12(3)5-7-13/h4-7,11H,8-10H2,1-3H3,(H,17,22). The molecule has 0 aliphatic rings. The smallest absolute Gasteiger partial charge is 0.330 e. The Morgan fingerprint density at radius 1 is 1.25 bits per heavy atom. The van der Waals surface area contributed by atoms with E-state index >= 15 is 0 Å². The van der Waals surface area contributed by atoms with Crippen LogP contribution in [0.5, 0.6) is 0 Å². The predicted molar refractivity (Wildman–Crippen MR) is 86.8 cm³/mol. The first-order valence-electron chi connectivity index (χ1n) is 7.71. The van der Waals surface area contributed by atoms with Gasteiger partial charge in [-0.3, -0.25) is 4.79 Å². The minimum absolute atomic E-state index is 0.198. The van der Waals surface area contributed by atoms with Crippen LogP contribution >= 0.6 is 0 Å². The number of hydrogen-bond acceptors (Lipinski definition) is 6. The summed E-state index contributed by atoms with van der Waals surface area (Å²) < 4.78 is 4.89. The minimum atomic E-state index is -0.595. The lowest BCUT2D eigenvalue weighted by molar-refractivity contribution is -0.149. The highest BCUT2D eigenvalue weighted by molar-refractivity contribution is 5.80. The van der Waals surface area contributed by atoms with Crippen LogP contribution in [0.15, 0.2) is 24.3 Å². The van der Waals surface area contributed by atoms with Crippen molar-refractivity contribution < 1.29 is 14.3 Å². The maximum atomic E-state index is 11.7. The maximum absolute atomic E-state index is 11.7. The summed E-state index contributed by atoms with van der Waals surface area (Å²) in [6.45, 7) is 5.98. The minimum Gasteiger partial charge on any atom is -0.454 e. The fourth-order valence-corrected chi connectivity index (χ4v) is 1.80. The molecule has 0 atom stereocenters. The Morgan fingerprint density at radius 2 is 1.96 bits per heavy atom. The summed E-state index contributed by atoms with van der Waals surface area (Å²) in [5, 5.41) is 14.5. The van der Waals surface area contributed by atoms with Gasteiger partial charge in [-0.05, 0) is 18.1 Å². The second kappa shape index (κ2) is 8.19. The number of hydrogen-bond donors (Lipinski definition) is 1. The number of benzene rings is 1. The summed E-state index contributed by atoms with van der Waals surface area (Å²) in [6, 6.07) is 7.66. The van der Waals surface area contributed by atoms with Crippen LogP contribution in [-0.4, -0.2) is 45.2 Å². The second-order valence-corrected chi connectivity index (χ2v) is 5.87. The van der Waals surface area contributed by atoms with Crippen LogP contribution in [-0.2, 0) is 20.9 Å². The first kappa shape index (κ1) is 17.6. The average Bonchev–Trinajstić information content (AvgIpc) is 3.00. The van der Waals surface area contributed by atoms with Crippen LogP contribution in [0.1, 0.15) is 19.4 Å². The zero-order valence-corrected chi connectivity index (χ0v) is 14.0. The van der Waals surface area contributed by atoms with Crippen LogP contribution in [0.3, 0.4) is 0 Å². The van der Waals surface area contributed by atoms with Crippen LogP contribution in [0, 0.1) is 12.8 Å². The van der Waals surface area contributed by atoms with Crippen molar-refractivity contribution >= 4 is 11.9 Å². The molecule has 0 aliphatic carbocycles. The fourth-order valence-electron chi connectivity index (χ4n) is 1.80. The lowest BCUT2D eigenvalue weighted by atomic mass is 10.1. The molecule has 0 radical (unpaired) electrons. The molecular formula is C16H21N5O3. The van der Waals surface area contributed by atoms with E-state index in [4.69, 9.17) is 4.74 Å². The molecule has 0 saturated carbocycles. The Bertz CT molecular complexity index is 694. The molecule has 0 spiro atoms.